The lowest BCUT2D eigenvalue weighted by Gasteiger charge is -2.33. The van der Waals surface area contributed by atoms with Crippen molar-refractivity contribution in [3.05, 3.63) is 34.0 Å². The minimum atomic E-state index is -3.14. The van der Waals surface area contributed by atoms with E-state index in [1.165, 1.54) is 10.6 Å². The molecule has 3 heterocycles. The minimum absolute atomic E-state index is 0.113. The molecule has 0 spiro atoms. The normalized spacial score (nSPS) is 18.7. The first kappa shape index (κ1) is 17.5. The van der Waals surface area contributed by atoms with Crippen LogP contribution in [0.1, 0.15) is 35.7 Å². The SMILES string of the molecule is CCS(=O)(=O)NCCC1CN(Cc2scnc2C)Cc2ccnn21. The summed E-state index contributed by atoms with van der Waals surface area (Å²) in [5.74, 6) is 0.113. The summed E-state index contributed by atoms with van der Waals surface area (Å²) in [5, 5.41) is 4.43. The first-order chi connectivity index (χ1) is 11.5. The van der Waals surface area contributed by atoms with Crippen LogP contribution in [-0.4, -0.2) is 46.9 Å². The average Bonchev–Trinajstić information content (AvgIpc) is 3.17. The Labute approximate surface area is 146 Å². The Morgan fingerprint density at radius 3 is 3.00 bits per heavy atom. The molecule has 132 valence electrons. The number of aryl methyl sites for hydroxylation is 1. The highest BCUT2D eigenvalue weighted by molar-refractivity contribution is 7.89. The number of nitrogens with one attached hydrogen (secondary N) is 1. The number of fused-ring (bicyclic) bond motifs is 1. The van der Waals surface area contributed by atoms with E-state index in [9.17, 15) is 8.42 Å². The van der Waals surface area contributed by atoms with E-state index in [1.54, 1.807) is 18.3 Å². The largest absolute Gasteiger partial charge is 0.290 e. The third-order valence-electron chi connectivity index (χ3n) is 4.34. The lowest BCUT2D eigenvalue weighted by atomic mass is 10.1. The van der Waals surface area contributed by atoms with Gasteiger partial charge in [-0.1, -0.05) is 0 Å². The molecule has 9 heteroatoms. The van der Waals surface area contributed by atoms with E-state index in [-0.39, 0.29) is 11.8 Å². The van der Waals surface area contributed by atoms with Gasteiger partial charge >= 0.3 is 0 Å². The van der Waals surface area contributed by atoms with Crippen LogP contribution in [0.15, 0.2) is 17.8 Å². The van der Waals surface area contributed by atoms with Crippen LogP contribution in [0.3, 0.4) is 0 Å². The Morgan fingerprint density at radius 1 is 1.46 bits per heavy atom. The summed E-state index contributed by atoms with van der Waals surface area (Å²) in [5.41, 5.74) is 4.15. The van der Waals surface area contributed by atoms with Gasteiger partial charge in [-0.05, 0) is 26.3 Å². The minimum Gasteiger partial charge on any atom is -0.290 e. The maximum Gasteiger partial charge on any atom is 0.211 e. The summed E-state index contributed by atoms with van der Waals surface area (Å²) < 4.78 is 27.9. The molecule has 0 bridgehead atoms. The van der Waals surface area contributed by atoms with Gasteiger partial charge in [-0.3, -0.25) is 9.58 Å². The van der Waals surface area contributed by atoms with Gasteiger partial charge in [0.1, 0.15) is 0 Å². The zero-order valence-electron chi connectivity index (χ0n) is 14.0. The van der Waals surface area contributed by atoms with Crippen molar-refractivity contribution >= 4 is 21.4 Å². The molecule has 1 aliphatic heterocycles. The standard InChI is InChI=1S/C15H23N5O2S2/c1-3-24(21,22)18-7-5-14-9-19(8-13-4-6-17-20(13)14)10-15-12(2)16-11-23-15/h4,6,11,14,18H,3,5,7-10H2,1-2H3. The van der Waals surface area contributed by atoms with Gasteiger partial charge < -0.3 is 0 Å². The van der Waals surface area contributed by atoms with Crippen LogP contribution in [-0.2, 0) is 23.1 Å². The Kier molecular flexibility index (Phi) is 5.33. The van der Waals surface area contributed by atoms with Crippen molar-refractivity contribution in [3.63, 3.8) is 0 Å². The van der Waals surface area contributed by atoms with Gasteiger partial charge in [0.15, 0.2) is 0 Å². The van der Waals surface area contributed by atoms with Crippen LogP contribution in [0, 0.1) is 6.92 Å². The third-order valence-corrected chi connectivity index (χ3v) is 6.67. The lowest BCUT2D eigenvalue weighted by Crippen LogP contribution is -2.39. The molecule has 1 unspecified atom stereocenters. The molecule has 0 amide bonds. The van der Waals surface area contributed by atoms with Gasteiger partial charge in [0.2, 0.25) is 10.0 Å². The summed E-state index contributed by atoms with van der Waals surface area (Å²) in [6.07, 6.45) is 2.55. The molecule has 1 N–H and O–H groups in total. The molecule has 3 rings (SSSR count). The van der Waals surface area contributed by atoms with E-state index in [4.69, 9.17) is 0 Å². The van der Waals surface area contributed by atoms with Gasteiger partial charge in [0.05, 0.1) is 28.7 Å². The predicted octanol–water partition coefficient (Wildman–Crippen LogP) is 1.53. The summed E-state index contributed by atoms with van der Waals surface area (Å²) in [4.78, 5) is 7.99. The van der Waals surface area contributed by atoms with Crippen LogP contribution in [0.2, 0.25) is 0 Å². The molecule has 1 aliphatic rings. The second-order valence-electron chi connectivity index (χ2n) is 6.04. The number of hydrogen-bond acceptors (Lipinski definition) is 6. The topological polar surface area (TPSA) is 80.1 Å². The van der Waals surface area contributed by atoms with Gasteiger partial charge in [0.25, 0.3) is 0 Å². The van der Waals surface area contributed by atoms with E-state index in [0.717, 1.165) is 31.7 Å². The summed E-state index contributed by atoms with van der Waals surface area (Å²) in [7, 11) is -3.14. The molecule has 1 atom stereocenters. The molecule has 0 aromatic carbocycles. The number of hydrogen-bond donors (Lipinski definition) is 1. The Morgan fingerprint density at radius 2 is 2.29 bits per heavy atom. The fraction of sp³-hybridized carbons (Fsp3) is 0.600. The van der Waals surface area contributed by atoms with Crippen LogP contribution in [0.4, 0.5) is 0 Å². The van der Waals surface area contributed by atoms with Gasteiger partial charge in [-0.15, -0.1) is 11.3 Å². The summed E-state index contributed by atoms with van der Waals surface area (Å²) in [6.45, 7) is 6.71. The number of rotatable bonds is 7. The van der Waals surface area contributed by atoms with Crippen molar-refractivity contribution in [2.75, 3.05) is 18.8 Å². The number of aromatic nitrogens is 3. The quantitative estimate of drug-likeness (QED) is 0.801. The van der Waals surface area contributed by atoms with Gasteiger partial charge in [-0.25, -0.2) is 18.1 Å². The highest BCUT2D eigenvalue weighted by Gasteiger charge is 2.26. The van der Waals surface area contributed by atoms with Crippen LogP contribution >= 0.6 is 11.3 Å². The fourth-order valence-corrected chi connectivity index (χ4v) is 4.41. The first-order valence-electron chi connectivity index (χ1n) is 8.09. The average molecular weight is 370 g/mol. The predicted molar refractivity (Wildman–Crippen MR) is 94.3 cm³/mol. The van der Waals surface area contributed by atoms with E-state index in [1.807, 2.05) is 29.4 Å². The molecule has 2 aromatic heterocycles. The monoisotopic (exact) mass is 369 g/mol. The Bertz CT molecular complexity index is 783. The highest BCUT2D eigenvalue weighted by Crippen LogP contribution is 2.25. The molecule has 24 heavy (non-hydrogen) atoms. The van der Waals surface area contributed by atoms with Crippen molar-refractivity contribution in [2.45, 2.75) is 39.4 Å². The molecule has 0 radical (unpaired) electrons. The molecule has 0 saturated heterocycles. The molecule has 0 saturated carbocycles. The van der Waals surface area contributed by atoms with Crippen molar-refractivity contribution in [1.82, 2.24) is 24.4 Å². The summed E-state index contributed by atoms with van der Waals surface area (Å²) in [6, 6.07) is 2.21. The maximum absolute atomic E-state index is 11.6. The molecule has 7 nitrogen and oxygen atoms in total. The number of sulfonamides is 1. The van der Waals surface area contributed by atoms with E-state index in [2.05, 4.69) is 19.7 Å². The number of thiazole rings is 1. The summed E-state index contributed by atoms with van der Waals surface area (Å²) >= 11 is 1.69. The van der Waals surface area contributed by atoms with Crippen LogP contribution in [0.25, 0.3) is 0 Å². The van der Waals surface area contributed by atoms with Crippen molar-refractivity contribution < 1.29 is 8.42 Å². The fourth-order valence-electron chi connectivity index (χ4n) is 2.96. The Balaban J connectivity index is 1.66. The lowest BCUT2D eigenvalue weighted by molar-refractivity contribution is 0.163. The molecule has 0 aliphatic carbocycles. The van der Waals surface area contributed by atoms with Crippen molar-refractivity contribution in [3.8, 4) is 0 Å². The number of nitrogens with zero attached hydrogens (tertiary/aromatic N) is 4. The molecule has 2 aromatic rings. The zero-order chi connectivity index (χ0) is 17.2. The smallest absolute Gasteiger partial charge is 0.211 e. The third kappa shape index (κ3) is 4.02. The van der Waals surface area contributed by atoms with E-state index >= 15 is 0 Å². The Hall–Kier alpha value is -1.29. The second kappa shape index (κ2) is 7.30. The van der Waals surface area contributed by atoms with Gasteiger partial charge in [0, 0.05) is 37.3 Å². The highest BCUT2D eigenvalue weighted by atomic mass is 32.2. The van der Waals surface area contributed by atoms with Gasteiger partial charge in [-0.2, -0.15) is 5.10 Å². The van der Waals surface area contributed by atoms with E-state index in [0.29, 0.717) is 6.54 Å². The maximum atomic E-state index is 11.6. The zero-order valence-corrected chi connectivity index (χ0v) is 15.6. The molecule has 0 fully saturated rings. The molecular weight excluding hydrogens is 346 g/mol. The molecular formula is C15H23N5O2S2. The van der Waals surface area contributed by atoms with Crippen molar-refractivity contribution in [1.29, 1.82) is 0 Å². The van der Waals surface area contributed by atoms with E-state index < -0.39 is 10.0 Å². The van der Waals surface area contributed by atoms with Crippen LogP contribution < -0.4 is 4.72 Å². The first-order valence-corrected chi connectivity index (χ1v) is 10.6. The van der Waals surface area contributed by atoms with Crippen LogP contribution in [0.5, 0.6) is 0 Å². The second-order valence-corrected chi connectivity index (χ2v) is 9.07. The van der Waals surface area contributed by atoms with Crippen molar-refractivity contribution in [2.24, 2.45) is 0 Å².